The maximum atomic E-state index is 12.4. The van der Waals surface area contributed by atoms with Gasteiger partial charge in [0.05, 0.1) is 4.92 Å². The van der Waals surface area contributed by atoms with E-state index in [0.29, 0.717) is 0 Å². The van der Waals surface area contributed by atoms with Crippen LogP contribution in [0.4, 0.5) is 5.69 Å². The Labute approximate surface area is 114 Å². The highest BCUT2D eigenvalue weighted by Gasteiger charge is 2.29. The summed E-state index contributed by atoms with van der Waals surface area (Å²) in [5.74, 6) is -0.379. The van der Waals surface area contributed by atoms with Crippen LogP contribution in [0.3, 0.4) is 0 Å². The van der Waals surface area contributed by atoms with Crippen molar-refractivity contribution in [1.29, 1.82) is 0 Å². The maximum Gasteiger partial charge on any atom is 0.282 e. The molecule has 0 aromatic heterocycles. The number of thioether (sulfide) groups is 1. The van der Waals surface area contributed by atoms with Crippen molar-refractivity contribution in [3.05, 3.63) is 51.8 Å². The summed E-state index contributed by atoms with van der Waals surface area (Å²) < 4.78 is 0. The fourth-order valence-corrected chi connectivity index (χ4v) is 2.45. The molecule has 1 unspecified atom stereocenters. The van der Waals surface area contributed by atoms with E-state index in [1.165, 1.54) is 22.7 Å². The van der Waals surface area contributed by atoms with Crippen LogP contribution in [0.2, 0.25) is 0 Å². The van der Waals surface area contributed by atoms with Crippen LogP contribution in [0.1, 0.15) is 15.9 Å². The molecule has 0 radical (unpaired) electrons. The van der Waals surface area contributed by atoms with E-state index in [1.54, 1.807) is 31.5 Å². The average molecular weight is 279 g/mol. The zero-order chi connectivity index (χ0) is 14.0. The molecule has 1 atom stereocenters. The summed E-state index contributed by atoms with van der Waals surface area (Å²) in [6.45, 7) is 1.80. The number of carbonyl (C=O) groups excluding carboxylic acids is 1. The second-order valence-corrected chi connectivity index (χ2v) is 4.98. The van der Waals surface area contributed by atoms with E-state index in [2.05, 4.69) is 5.32 Å². The van der Waals surface area contributed by atoms with E-state index in [0.717, 1.165) is 5.56 Å². The van der Waals surface area contributed by atoms with Gasteiger partial charge in [0.15, 0.2) is 5.50 Å². The van der Waals surface area contributed by atoms with Gasteiger partial charge >= 0.3 is 0 Å². The number of nitrogens with one attached hydrogen (secondary N) is 1. The lowest BCUT2D eigenvalue weighted by Crippen LogP contribution is -2.36. The van der Waals surface area contributed by atoms with Crippen molar-refractivity contribution in [3.63, 3.8) is 0 Å². The van der Waals surface area contributed by atoms with Crippen LogP contribution in [0, 0.1) is 17.0 Å². The average Bonchev–Trinajstić information content (AvgIpc) is 2.85. The van der Waals surface area contributed by atoms with Gasteiger partial charge in [0.2, 0.25) is 0 Å². The van der Waals surface area contributed by atoms with E-state index in [-0.39, 0.29) is 22.7 Å². The van der Waals surface area contributed by atoms with E-state index in [9.17, 15) is 14.9 Å². The normalized spacial score (nSPS) is 17.4. The molecule has 0 spiro atoms. The number of rotatable bonds is 3. The number of nitro benzene ring substituents is 1. The van der Waals surface area contributed by atoms with Crippen LogP contribution >= 0.6 is 11.8 Å². The van der Waals surface area contributed by atoms with Crippen molar-refractivity contribution >= 4 is 23.4 Å². The number of hydrogen-bond acceptors (Lipinski definition) is 5. The van der Waals surface area contributed by atoms with Gasteiger partial charge in [-0.15, -0.1) is 11.8 Å². The van der Waals surface area contributed by atoms with Gasteiger partial charge in [-0.2, -0.15) is 0 Å². The van der Waals surface area contributed by atoms with Crippen molar-refractivity contribution in [1.82, 2.24) is 10.2 Å². The highest BCUT2D eigenvalue weighted by molar-refractivity contribution is 7.99. The predicted molar refractivity (Wildman–Crippen MR) is 73.6 cm³/mol. The quantitative estimate of drug-likeness (QED) is 0.677. The molecule has 1 aromatic carbocycles. The van der Waals surface area contributed by atoms with Crippen molar-refractivity contribution in [2.24, 2.45) is 0 Å². The third kappa shape index (κ3) is 2.55. The Balaban J connectivity index is 2.40. The van der Waals surface area contributed by atoms with E-state index >= 15 is 0 Å². The molecule has 7 heteroatoms. The van der Waals surface area contributed by atoms with Gasteiger partial charge in [-0.05, 0) is 24.8 Å². The molecule has 1 aliphatic heterocycles. The molecule has 0 saturated heterocycles. The molecule has 0 aliphatic carbocycles. The summed E-state index contributed by atoms with van der Waals surface area (Å²) in [6, 6.07) is 4.53. The molecule has 2 rings (SSSR count). The fourth-order valence-electron chi connectivity index (χ4n) is 1.84. The minimum Gasteiger partial charge on any atom is -0.361 e. The molecule has 1 aromatic rings. The van der Waals surface area contributed by atoms with Crippen molar-refractivity contribution in [2.45, 2.75) is 12.4 Å². The largest absolute Gasteiger partial charge is 0.361 e. The Kier molecular flexibility index (Phi) is 3.75. The summed E-state index contributed by atoms with van der Waals surface area (Å²) in [5.41, 5.74) is 0.520. The molecule has 1 amide bonds. The molecule has 0 fully saturated rings. The molecule has 6 nitrogen and oxygen atoms in total. The first-order valence-corrected chi connectivity index (χ1v) is 6.86. The first-order valence-electron chi connectivity index (χ1n) is 5.58. The molecule has 1 heterocycles. The third-order valence-corrected chi connectivity index (χ3v) is 3.57. The second kappa shape index (κ2) is 5.31. The van der Waals surface area contributed by atoms with Gasteiger partial charge in [-0.3, -0.25) is 19.8 Å². The van der Waals surface area contributed by atoms with Gasteiger partial charge < -0.3 is 5.32 Å². The van der Waals surface area contributed by atoms with Crippen molar-refractivity contribution in [2.75, 3.05) is 6.26 Å². The number of nitro groups is 1. The monoisotopic (exact) mass is 279 g/mol. The Hall–Kier alpha value is -2.02. The molecule has 1 N–H and O–H groups in total. The zero-order valence-corrected chi connectivity index (χ0v) is 11.3. The molecule has 100 valence electrons. The number of amides is 1. The molecule has 1 aliphatic rings. The topological polar surface area (TPSA) is 75.5 Å². The number of hydrogen-bond donors (Lipinski definition) is 1. The van der Waals surface area contributed by atoms with Gasteiger partial charge in [-0.1, -0.05) is 6.07 Å². The van der Waals surface area contributed by atoms with Crippen LogP contribution in [-0.4, -0.2) is 27.5 Å². The first-order chi connectivity index (χ1) is 9.04. The molecule has 0 bridgehead atoms. The lowest BCUT2D eigenvalue weighted by atomic mass is 10.1. The van der Waals surface area contributed by atoms with Crippen LogP contribution in [-0.2, 0) is 0 Å². The Morgan fingerprint density at radius 1 is 1.53 bits per heavy atom. The second-order valence-electron chi connectivity index (χ2n) is 4.06. The summed E-state index contributed by atoms with van der Waals surface area (Å²) in [6.07, 6.45) is 5.10. The maximum absolute atomic E-state index is 12.4. The highest BCUT2D eigenvalue weighted by atomic mass is 32.2. The van der Waals surface area contributed by atoms with E-state index < -0.39 is 4.92 Å². The summed E-state index contributed by atoms with van der Waals surface area (Å²) >= 11 is 1.44. The lowest BCUT2D eigenvalue weighted by molar-refractivity contribution is -0.385. The lowest BCUT2D eigenvalue weighted by Gasteiger charge is -2.21. The van der Waals surface area contributed by atoms with E-state index in [4.69, 9.17) is 0 Å². The minimum atomic E-state index is -0.534. The van der Waals surface area contributed by atoms with Gasteiger partial charge in [-0.25, -0.2) is 0 Å². The molecule has 0 saturated carbocycles. The standard InChI is InChI=1S/C12H13N3O3S/c1-8-3-4-10(15(17)18)9(7-8)11(16)14-6-5-13-12(14)19-2/h3-7,12-13H,1-2H3. The Morgan fingerprint density at radius 2 is 2.26 bits per heavy atom. The Bertz CT molecular complexity index is 559. The predicted octanol–water partition coefficient (Wildman–Crippen LogP) is 2.07. The summed E-state index contributed by atoms with van der Waals surface area (Å²) in [4.78, 5) is 24.3. The summed E-state index contributed by atoms with van der Waals surface area (Å²) in [5, 5.41) is 14.0. The number of aryl methyl sites for hydroxylation is 1. The third-order valence-electron chi connectivity index (χ3n) is 2.76. The zero-order valence-electron chi connectivity index (χ0n) is 10.5. The molecular formula is C12H13N3O3S. The van der Waals surface area contributed by atoms with E-state index in [1.807, 2.05) is 6.26 Å². The fraction of sp³-hybridized carbons (Fsp3) is 0.250. The van der Waals surface area contributed by atoms with Crippen molar-refractivity contribution < 1.29 is 9.72 Å². The first kappa shape index (κ1) is 13.4. The molecular weight excluding hydrogens is 266 g/mol. The van der Waals surface area contributed by atoms with Gasteiger partial charge in [0, 0.05) is 18.5 Å². The SMILES string of the molecule is CSC1NC=CN1C(=O)c1cc(C)ccc1[N+](=O)[O-]. The van der Waals surface area contributed by atoms with Crippen LogP contribution in [0.15, 0.2) is 30.6 Å². The summed E-state index contributed by atoms with van der Waals surface area (Å²) in [7, 11) is 0. The van der Waals surface area contributed by atoms with Gasteiger partial charge in [0.25, 0.3) is 11.6 Å². The number of nitrogens with zero attached hydrogens (tertiary/aromatic N) is 2. The van der Waals surface area contributed by atoms with Crippen molar-refractivity contribution in [3.8, 4) is 0 Å². The number of carbonyl (C=O) groups is 1. The Morgan fingerprint density at radius 3 is 2.89 bits per heavy atom. The van der Waals surface area contributed by atoms with Crippen LogP contribution in [0.5, 0.6) is 0 Å². The van der Waals surface area contributed by atoms with Crippen LogP contribution in [0.25, 0.3) is 0 Å². The number of benzene rings is 1. The highest BCUT2D eigenvalue weighted by Crippen LogP contribution is 2.25. The smallest absolute Gasteiger partial charge is 0.282 e. The molecule has 19 heavy (non-hydrogen) atoms. The van der Waals surface area contributed by atoms with Crippen LogP contribution < -0.4 is 5.32 Å². The van der Waals surface area contributed by atoms with Gasteiger partial charge in [0.1, 0.15) is 5.56 Å². The minimum absolute atomic E-state index is 0.109.